The van der Waals surface area contributed by atoms with Crippen LogP contribution in [0.25, 0.3) is 0 Å². The fourth-order valence-corrected chi connectivity index (χ4v) is 3.91. The third-order valence-electron chi connectivity index (χ3n) is 4.35. The molecule has 1 aromatic carbocycles. The molecule has 0 heterocycles. The molecule has 3 fully saturated rings. The Morgan fingerprint density at radius 3 is 2.44 bits per heavy atom. The fourth-order valence-electron chi connectivity index (χ4n) is 3.91. The molecule has 4 rings (SSSR count). The number of hydrogen-bond donors (Lipinski definition) is 1. The highest BCUT2D eigenvalue weighted by Gasteiger charge is 2.65. The van der Waals surface area contributed by atoms with E-state index in [4.69, 9.17) is 5.11 Å². The Morgan fingerprint density at radius 2 is 1.94 bits per heavy atom. The Morgan fingerprint density at radius 1 is 1.31 bits per heavy atom. The maximum Gasteiger partial charge on any atom is 0.335 e. The van der Waals surface area contributed by atoms with Gasteiger partial charge in [0.1, 0.15) is 0 Å². The minimum absolute atomic E-state index is 0.324. The molecule has 3 saturated carbocycles. The molecule has 1 aromatic rings. The monoisotopic (exact) mass is 216 g/mol. The van der Waals surface area contributed by atoms with Crippen LogP contribution in [0.4, 0.5) is 0 Å². The van der Waals surface area contributed by atoms with Crippen LogP contribution in [0.3, 0.4) is 0 Å². The molecule has 1 N–H and O–H groups in total. The van der Waals surface area contributed by atoms with Crippen molar-refractivity contribution in [3.8, 4) is 0 Å². The average molecular weight is 216 g/mol. The van der Waals surface area contributed by atoms with E-state index in [2.05, 4.69) is 13.8 Å². The maximum absolute atomic E-state index is 11.0. The van der Waals surface area contributed by atoms with Gasteiger partial charge in [0.25, 0.3) is 0 Å². The van der Waals surface area contributed by atoms with E-state index in [-0.39, 0.29) is 0 Å². The lowest BCUT2D eigenvalue weighted by Crippen LogP contribution is -2.63. The van der Waals surface area contributed by atoms with Gasteiger partial charge in [-0.05, 0) is 60.3 Å². The molecule has 0 radical (unpaired) electrons. The minimum Gasteiger partial charge on any atom is -0.478 e. The summed E-state index contributed by atoms with van der Waals surface area (Å²) in [5, 5.41) is 9.02. The Labute approximate surface area is 95.3 Å². The van der Waals surface area contributed by atoms with Crippen LogP contribution in [0, 0.1) is 12.3 Å². The van der Waals surface area contributed by atoms with Crippen molar-refractivity contribution in [3.63, 3.8) is 0 Å². The molecule has 0 spiro atoms. The number of carbonyl (C=O) groups is 1. The summed E-state index contributed by atoms with van der Waals surface area (Å²) in [5.74, 6) is -0.820. The zero-order valence-electron chi connectivity index (χ0n) is 9.71. The number of aryl methyl sites for hydroxylation is 1. The van der Waals surface area contributed by atoms with E-state index >= 15 is 0 Å². The molecular formula is C14H16O2. The maximum atomic E-state index is 11.0. The number of carboxylic acids is 1. The van der Waals surface area contributed by atoms with E-state index in [1.165, 1.54) is 30.4 Å². The lowest BCUT2D eigenvalue weighted by molar-refractivity contribution is -0.125. The van der Waals surface area contributed by atoms with E-state index in [1.54, 1.807) is 6.07 Å². The van der Waals surface area contributed by atoms with E-state index in [9.17, 15) is 4.79 Å². The summed E-state index contributed by atoms with van der Waals surface area (Å²) in [6.07, 6.45) is 3.72. The molecule has 0 aromatic heterocycles. The number of aromatic carboxylic acids is 1. The first-order valence-electron chi connectivity index (χ1n) is 5.79. The van der Waals surface area contributed by atoms with Crippen LogP contribution in [0.2, 0.25) is 0 Å². The summed E-state index contributed by atoms with van der Waals surface area (Å²) < 4.78 is 0. The van der Waals surface area contributed by atoms with Gasteiger partial charge in [0.15, 0.2) is 0 Å². The van der Waals surface area contributed by atoms with Crippen molar-refractivity contribution in [1.82, 2.24) is 0 Å². The normalized spacial score (nSPS) is 35.1. The first-order chi connectivity index (χ1) is 7.44. The predicted molar refractivity (Wildman–Crippen MR) is 61.8 cm³/mol. The molecule has 16 heavy (non-hydrogen) atoms. The highest BCUT2D eigenvalue weighted by Crippen LogP contribution is 2.73. The van der Waals surface area contributed by atoms with Crippen LogP contribution in [0.15, 0.2) is 18.2 Å². The van der Waals surface area contributed by atoms with Crippen LogP contribution < -0.4 is 0 Å². The third kappa shape index (κ3) is 1.10. The molecule has 0 saturated heterocycles. The summed E-state index contributed by atoms with van der Waals surface area (Å²) in [5.41, 5.74) is 3.83. The van der Waals surface area contributed by atoms with Crippen LogP contribution >= 0.6 is 0 Å². The van der Waals surface area contributed by atoms with Crippen LogP contribution in [-0.4, -0.2) is 11.1 Å². The smallest absolute Gasteiger partial charge is 0.335 e. The van der Waals surface area contributed by atoms with Gasteiger partial charge in [0.2, 0.25) is 0 Å². The van der Waals surface area contributed by atoms with Gasteiger partial charge in [-0.15, -0.1) is 0 Å². The predicted octanol–water partition coefficient (Wildman–Crippen LogP) is 3.13. The molecule has 2 bridgehead atoms. The summed E-state index contributed by atoms with van der Waals surface area (Å²) in [4.78, 5) is 11.0. The fraction of sp³-hybridized carbons (Fsp3) is 0.500. The largest absolute Gasteiger partial charge is 0.478 e. The van der Waals surface area contributed by atoms with Crippen molar-refractivity contribution in [2.75, 3.05) is 0 Å². The number of hydrogen-bond acceptors (Lipinski definition) is 1. The second kappa shape index (κ2) is 2.68. The van der Waals surface area contributed by atoms with Gasteiger partial charge < -0.3 is 5.11 Å². The minimum atomic E-state index is -0.820. The van der Waals surface area contributed by atoms with Gasteiger partial charge in [-0.1, -0.05) is 13.0 Å². The number of rotatable bonds is 2. The lowest BCUT2D eigenvalue weighted by Gasteiger charge is -2.70. The number of benzene rings is 1. The van der Waals surface area contributed by atoms with Gasteiger partial charge in [0.05, 0.1) is 5.56 Å². The van der Waals surface area contributed by atoms with Crippen molar-refractivity contribution in [2.45, 2.75) is 38.5 Å². The zero-order chi connectivity index (χ0) is 11.6. The molecule has 0 atom stereocenters. The first kappa shape index (κ1) is 9.88. The standard InChI is InChI=1S/C14H16O2/c1-9-3-4-10(12(15)16)5-11(9)14-6-13(2,7-14)8-14/h3-5H,6-8H2,1-2H3,(H,15,16). The van der Waals surface area contributed by atoms with E-state index in [0.717, 1.165) is 0 Å². The SMILES string of the molecule is Cc1ccc(C(=O)O)cc1C12CC(C)(C1)C2. The van der Waals surface area contributed by atoms with E-state index in [1.807, 2.05) is 12.1 Å². The van der Waals surface area contributed by atoms with Gasteiger partial charge in [-0.3, -0.25) is 0 Å². The van der Waals surface area contributed by atoms with E-state index in [0.29, 0.717) is 16.4 Å². The Bertz CT molecular complexity index is 468. The molecule has 2 nitrogen and oxygen atoms in total. The molecule has 0 amide bonds. The Kier molecular flexibility index (Phi) is 1.65. The van der Waals surface area contributed by atoms with Crippen molar-refractivity contribution in [1.29, 1.82) is 0 Å². The summed E-state index contributed by atoms with van der Waals surface area (Å²) in [7, 11) is 0. The second-order valence-corrected chi connectivity index (χ2v) is 5.96. The van der Waals surface area contributed by atoms with Crippen LogP contribution in [0.5, 0.6) is 0 Å². The summed E-state index contributed by atoms with van der Waals surface area (Å²) in [6, 6.07) is 5.53. The molecule has 3 aliphatic rings. The molecular weight excluding hydrogens is 200 g/mol. The van der Waals surface area contributed by atoms with Gasteiger partial charge in [-0.2, -0.15) is 0 Å². The van der Waals surface area contributed by atoms with Crippen LogP contribution in [0.1, 0.15) is 47.7 Å². The highest BCUT2D eigenvalue weighted by molar-refractivity contribution is 5.88. The van der Waals surface area contributed by atoms with Gasteiger partial charge in [0, 0.05) is 0 Å². The quantitative estimate of drug-likeness (QED) is 0.824. The average Bonchev–Trinajstić information content (AvgIpc) is 2.12. The highest BCUT2D eigenvalue weighted by atomic mass is 16.4. The third-order valence-corrected chi connectivity index (χ3v) is 4.35. The molecule has 0 unspecified atom stereocenters. The van der Waals surface area contributed by atoms with Crippen LogP contribution in [-0.2, 0) is 5.41 Å². The lowest BCUT2D eigenvalue weighted by atomic mass is 9.34. The van der Waals surface area contributed by atoms with Gasteiger partial charge >= 0.3 is 5.97 Å². The Hall–Kier alpha value is -1.31. The van der Waals surface area contributed by atoms with Crippen molar-refractivity contribution in [2.24, 2.45) is 5.41 Å². The van der Waals surface area contributed by atoms with E-state index < -0.39 is 5.97 Å². The topological polar surface area (TPSA) is 37.3 Å². The second-order valence-electron chi connectivity index (χ2n) is 5.96. The van der Waals surface area contributed by atoms with Crippen molar-refractivity contribution >= 4 is 5.97 Å². The van der Waals surface area contributed by atoms with Crippen molar-refractivity contribution in [3.05, 3.63) is 34.9 Å². The van der Waals surface area contributed by atoms with Gasteiger partial charge in [-0.25, -0.2) is 4.79 Å². The molecule has 2 heteroatoms. The molecule has 84 valence electrons. The zero-order valence-corrected chi connectivity index (χ0v) is 9.71. The Balaban J connectivity index is 2.01. The summed E-state index contributed by atoms with van der Waals surface area (Å²) >= 11 is 0. The first-order valence-corrected chi connectivity index (χ1v) is 5.79. The summed E-state index contributed by atoms with van der Waals surface area (Å²) in [6.45, 7) is 4.41. The molecule has 0 aliphatic heterocycles. The van der Waals surface area contributed by atoms with Crippen molar-refractivity contribution < 1.29 is 9.90 Å². The molecule has 3 aliphatic carbocycles. The number of carboxylic acid groups (broad SMARTS) is 1.